The van der Waals surface area contributed by atoms with Gasteiger partial charge in [-0.1, -0.05) is 13.8 Å². The maximum Gasteiger partial charge on any atom is 0.222 e. The van der Waals surface area contributed by atoms with E-state index < -0.39 is 0 Å². The number of anilines is 1. The zero-order chi connectivity index (χ0) is 13.5. The molecule has 0 aromatic heterocycles. The number of hydrogen-bond acceptors (Lipinski definition) is 3. The number of benzene rings is 1. The quantitative estimate of drug-likeness (QED) is 0.821. The van der Waals surface area contributed by atoms with Crippen LogP contribution in [0.4, 0.5) is 5.69 Å². The normalized spacial score (nSPS) is 9.94. The molecule has 0 aliphatic heterocycles. The van der Waals surface area contributed by atoms with Crippen molar-refractivity contribution in [2.45, 2.75) is 13.8 Å². The van der Waals surface area contributed by atoms with Crippen molar-refractivity contribution in [3.8, 4) is 6.07 Å². The van der Waals surface area contributed by atoms with Gasteiger partial charge in [-0.3, -0.25) is 4.79 Å². The highest BCUT2D eigenvalue weighted by atomic mass is 79.9. The van der Waals surface area contributed by atoms with E-state index in [9.17, 15) is 4.79 Å². The summed E-state index contributed by atoms with van der Waals surface area (Å²) in [4.78, 5) is 11.3. The third kappa shape index (κ3) is 4.38. The molecule has 0 aliphatic rings. The van der Waals surface area contributed by atoms with Crippen LogP contribution in [0.5, 0.6) is 0 Å². The fourth-order valence-electron chi connectivity index (χ4n) is 1.32. The van der Waals surface area contributed by atoms with Crippen LogP contribution in [0.1, 0.15) is 19.4 Å². The Morgan fingerprint density at radius 3 is 2.72 bits per heavy atom. The average molecular weight is 310 g/mol. The molecule has 0 unspecified atom stereocenters. The molecule has 0 atom stereocenters. The van der Waals surface area contributed by atoms with E-state index in [2.05, 4.69) is 32.6 Å². The molecule has 0 heterocycles. The van der Waals surface area contributed by atoms with Crippen molar-refractivity contribution in [3.05, 3.63) is 28.2 Å². The van der Waals surface area contributed by atoms with E-state index in [4.69, 9.17) is 5.26 Å². The minimum Gasteiger partial charge on any atom is -0.382 e. The molecule has 18 heavy (non-hydrogen) atoms. The molecule has 0 aliphatic carbocycles. The third-order valence-corrected chi connectivity index (χ3v) is 3.02. The van der Waals surface area contributed by atoms with Crippen LogP contribution in [0.25, 0.3) is 0 Å². The lowest BCUT2D eigenvalue weighted by atomic mass is 10.2. The molecular formula is C13H16BrN3O. The number of carbonyl (C=O) groups excluding carboxylic acids is 1. The second-order valence-electron chi connectivity index (χ2n) is 4.18. The summed E-state index contributed by atoms with van der Waals surface area (Å²) < 4.78 is 0.844. The summed E-state index contributed by atoms with van der Waals surface area (Å²) in [5.41, 5.74) is 1.52. The molecule has 96 valence electrons. The highest BCUT2D eigenvalue weighted by molar-refractivity contribution is 9.10. The van der Waals surface area contributed by atoms with Gasteiger partial charge in [-0.25, -0.2) is 0 Å². The molecule has 1 rings (SSSR count). The molecule has 2 N–H and O–H groups in total. The van der Waals surface area contributed by atoms with Crippen molar-refractivity contribution in [1.29, 1.82) is 5.26 Å². The Labute approximate surface area is 116 Å². The number of nitriles is 1. The Kier molecular flexibility index (Phi) is 5.66. The van der Waals surface area contributed by atoms with Crippen LogP contribution in [0.3, 0.4) is 0 Å². The Bertz CT molecular complexity index is 466. The van der Waals surface area contributed by atoms with E-state index in [-0.39, 0.29) is 11.8 Å². The Morgan fingerprint density at radius 2 is 2.17 bits per heavy atom. The van der Waals surface area contributed by atoms with Gasteiger partial charge in [0.25, 0.3) is 0 Å². The first-order chi connectivity index (χ1) is 8.54. The molecule has 4 nitrogen and oxygen atoms in total. The van der Waals surface area contributed by atoms with E-state index in [1.807, 2.05) is 19.9 Å². The smallest absolute Gasteiger partial charge is 0.222 e. The summed E-state index contributed by atoms with van der Waals surface area (Å²) in [6, 6.07) is 7.42. The van der Waals surface area contributed by atoms with Crippen molar-refractivity contribution >= 4 is 27.5 Å². The Morgan fingerprint density at radius 1 is 1.44 bits per heavy atom. The second-order valence-corrected chi connectivity index (χ2v) is 5.03. The molecule has 1 aromatic carbocycles. The van der Waals surface area contributed by atoms with Crippen molar-refractivity contribution < 1.29 is 4.79 Å². The van der Waals surface area contributed by atoms with Crippen LogP contribution in [0.15, 0.2) is 22.7 Å². The minimum atomic E-state index is 0.00616. The van der Waals surface area contributed by atoms with Crippen LogP contribution in [-0.2, 0) is 4.79 Å². The van der Waals surface area contributed by atoms with Gasteiger partial charge in [0.1, 0.15) is 0 Å². The molecule has 0 saturated carbocycles. The van der Waals surface area contributed by atoms with Gasteiger partial charge >= 0.3 is 0 Å². The highest BCUT2D eigenvalue weighted by Crippen LogP contribution is 2.22. The number of nitrogens with zero attached hydrogens (tertiary/aromatic N) is 1. The SMILES string of the molecule is CC(C)C(=O)NCCNc1ccc(C#N)cc1Br. The molecule has 5 heteroatoms. The standard InChI is InChI=1S/C13H16BrN3O/c1-9(2)13(18)17-6-5-16-12-4-3-10(8-15)7-11(12)14/h3-4,7,9,16H,5-6H2,1-2H3,(H,17,18). The molecule has 0 saturated heterocycles. The van der Waals surface area contributed by atoms with Gasteiger partial charge in [0, 0.05) is 29.2 Å². The van der Waals surface area contributed by atoms with Gasteiger partial charge in [-0.2, -0.15) is 5.26 Å². The maximum atomic E-state index is 11.3. The van der Waals surface area contributed by atoms with E-state index in [1.165, 1.54) is 0 Å². The number of carbonyl (C=O) groups is 1. The summed E-state index contributed by atoms with van der Waals surface area (Å²) in [5, 5.41) is 14.8. The van der Waals surface area contributed by atoms with Gasteiger partial charge in [0.05, 0.1) is 11.6 Å². The molecule has 1 amide bonds. The molecule has 0 fully saturated rings. The molecule has 0 bridgehead atoms. The predicted octanol–water partition coefficient (Wildman–Crippen LogP) is 2.50. The first-order valence-electron chi connectivity index (χ1n) is 5.76. The van der Waals surface area contributed by atoms with Gasteiger partial charge in [-0.15, -0.1) is 0 Å². The lowest BCUT2D eigenvalue weighted by Crippen LogP contribution is -2.31. The number of amides is 1. The van der Waals surface area contributed by atoms with Crippen LogP contribution in [0, 0.1) is 17.2 Å². The highest BCUT2D eigenvalue weighted by Gasteiger charge is 2.05. The summed E-state index contributed by atoms with van der Waals surface area (Å²) in [6.07, 6.45) is 0. The molecule has 0 radical (unpaired) electrons. The fraction of sp³-hybridized carbons (Fsp3) is 0.385. The zero-order valence-electron chi connectivity index (χ0n) is 10.5. The molecule has 0 spiro atoms. The van der Waals surface area contributed by atoms with Crippen molar-refractivity contribution in [2.75, 3.05) is 18.4 Å². The van der Waals surface area contributed by atoms with Crippen molar-refractivity contribution in [2.24, 2.45) is 5.92 Å². The molecule has 1 aromatic rings. The number of hydrogen-bond donors (Lipinski definition) is 2. The summed E-state index contributed by atoms with van der Waals surface area (Å²) >= 11 is 3.39. The van der Waals surface area contributed by atoms with Gasteiger partial charge in [0.2, 0.25) is 5.91 Å². The van der Waals surface area contributed by atoms with E-state index in [0.717, 1.165) is 10.2 Å². The van der Waals surface area contributed by atoms with Crippen LogP contribution in [0.2, 0.25) is 0 Å². The second kappa shape index (κ2) is 7.02. The monoisotopic (exact) mass is 309 g/mol. The van der Waals surface area contributed by atoms with Crippen LogP contribution in [-0.4, -0.2) is 19.0 Å². The van der Waals surface area contributed by atoms with Gasteiger partial charge in [0.15, 0.2) is 0 Å². The summed E-state index contributed by atoms with van der Waals surface area (Å²) in [6.45, 7) is 4.94. The van der Waals surface area contributed by atoms with E-state index in [1.54, 1.807) is 12.1 Å². The number of rotatable bonds is 5. The van der Waals surface area contributed by atoms with Gasteiger partial charge in [-0.05, 0) is 34.1 Å². The summed E-state index contributed by atoms with van der Waals surface area (Å²) in [5.74, 6) is 0.0577. The lowest BCUT2D eigenvalue weighted by Gasteiger charge is -2.10. The minimum absolute atomic E-state index is 0.00616. The topological polar surface area (TPSA) is 64.9 Å². The average Bonchev–Trinajstić information content (AvgIpc) is 2.35. The number of halogens is 1. The first-order valence-corrected chi connectivity index (χ1v) is 6.55. The zero-order valence-corrected chi connectivity index (χ0v) is 12.0. The largest absolute Gasteiger partial charge is 0.382 e. The van der Waals surface area contributed by atoms with Gasteiger partial charge < -0.3 is 10.6 Å². The first kappa shape index (κ1) is 14.5. The third-order valence-electron chi connectivity index (χ3n) is 2.36. The Balaban J connectivity index is 2.41. The predicted molar refractivity (Wildman–Crippen MR) is 75.2 cm³/mol. The lowest BCUT2D eigenvalue weighted by molar-refractivity contribution is -0.123. The fourth-order valence-corrected chi connectivity index (χ4v) is 1.83. The van der Waals surface area contributed by atoms with Crippen LogP contribution >= 0.6 is 15.9 Å². The molecular weight excluding hydrogens is 294 g/mol. The van der Waals surface area contributed by atoms with Crippen LogP contribution < -0.4 is 10.6 Å². The van der Waals surface area contributed by atoms with Crippen molar-refractivity contribution in [3.63, 3.8) is 0 Å². The maximum absolute atomic E-state index is 11.3. The number of nitrogens with one attached hydrogen (secondary N) is 2. The van der Waals surface area contributed by atoms with Crippen molar-refractivity contribution in [1.82, 2.24) is 5.32 Å². The Hall–Kier alpha value is -1.54. The van der Waals surface area contributed by atoms with E-state index >= 15 is 0 Å². The van der Waals surface area contributed by atoms with E-state index in [0.29, 0.717) is 18.7 Å². The summed E-state index contributed by atoms with van der Waals surface area (Å²) in [7, 11) is 0.